The van der Waals surface area contributed by atoms with Gasteiger partial charge in [0.05, 0.1) is 25.9 Å². The van der Waals surface area contributed by atoms with E-state index in [1.165, 1.54) is 6.42 Å². The Hall–Kier alpha value is -0.120. The van der Waals surface area contributed by atoms with E-state index < -0.39 is 0 Å². The van der Waals surface area contributed by atoms with Crippen LogP contribution in [0.2, 0.25) is 0 Å². The van der Waals surface area contributed by atoms with E-state index in [4.69, 9.17) is 9.47 Å². The summed E-state index contributed by atoms with van der Waals surface area (Å²) in [6, 6.07) is 0. The van der Waals surface area contributed by atoms with E-state index in [2.05, 4.69) is 12.2 Å². The first kappa shape index (κ1) is 8.97. The Morgan fingerprint density at radius 2 is 2.36 bits per heavy atom. The zero-order chi connectivity index (χ0) is 7.94. The highest BCUT2D eigenvalue weighted by Gasteiger charge is 2.12. The second-order valence-electron chi connectivity index (χ2n) is 2.77. The van der Waals surface area contributed by atoms with Crippen molar-refractivity contribution < 1.29 is 9.47 Å². The van der Waals surface area contributed by atoms with Crippen LogP contribution in [0.4, 0.5) is 0 Å². The molecule has 66 valence electrons. The summed E-state index contributed by atoms with van der Waals surface area (Å²) < 4.78 is 10.7. The van der Waals surface area contributed by atoms with Crippen LogP contribution in [0.1, 0.15) is 13.3 Å². The molecule has 1 aliphatic heterocycles. The van der Waals surface area contributed by atoms with Gasteiger partial charge in [-0.3, -0.25) is 0 Å². The van der Waals surface area contributed by atoms with Crippen LogP contribution in [0.3, 0.4) is 0 Å². The molecule has 1 heterocycles. The lowest BCUT2D eigenvalue weighted by Gasteiger charge is -2.22. The van der Waals surface area contributed by atoms with Gasteiger partial charge in [0.15, 0.2) is 0 Å². The van der Waals surface area contributed by atoms with Crippen LogP contribution in [-0.4, -0.2) is 39.0 Å². The topological polar surface area (TPSA) is 30.5 Å². The maximum Gasteiger partial charge on any atom is 0.0933 e. The Morgan fingerprint density at radius 3 is 3.00 bits per heavy atom. The molecule has 0 aromatic heterocycles. The molecule has 1 aliphatic rings. The first-order chi connectivity index (χ1) is 5.43. The average molecular weight is 159 g/mol. The van der Waals surface area contributed by atoms with Gasteiger partial charge < -0.3 is 14.8 Å². The first-order valence-electron chi connectivity index (χ1n) is 4.33. The molecular weight excluding hydrogens is 142 g/mol. The van der Waals surface area contributed by atoms with Gasteiger partial charge in [0.2, 0.25) is 0 Å². The van der Waals surface area contributed by atoms with Gasteiger partial charge in [-0.1, -0.05) is 6.92 Å². The third kappa shape index (κ3) is 3.70. The van der Waals surface area contributed by atoms with Gasteiger partial charge in [0.1, 0.15) is 0 Å². The Morgan fingerprint density at radius 1 is 1.45 bits per heavy atom. The van der Waals surface area contributed by atoms with Gasteiger partial charge in [0, 0.05) is 6.54 Å². The molecule has 1 rings (SSSR count). The molecule has 1 fully saturated rings. The lowest BCUT2D eigenvalue weighted by atomic mass is 10.3. The van der Waals surface area contributed by atoms with Crippen molar-refractivity contribution in [3.63, 3.8) is 0 Å². The van der Waals surface area contributed by atoms with Gasteiger partial charge in [-0.2, -0.15) is 0 Å². The second-order valence-corrected chi connectivity index (χ2v) is 2.77. The Labute approximate surface area is 68.1 Å². The van der Waals surface area contributed by atoms with Crippen molar-refractivity contribution in [2.75, 3.05) is 32.9 Å². The number of nitrogens with one attached hydrogen (secondary N) is 1. The highest BCUT2D eigenvalue weighted by Crippen LogP contribution is 1.98. The average Bonchev–Trinajstić information content (AvgIpc) is 2.07. The maximum atomic E-state index is 5.44. The zero-order valence-corrected chi connectivity index (χ0v) is 7.14. The zero-order valence-electron chi connectivity index (χ0n) is 7.14. The number of hydrogen-bond donors (Lipinski definition) is 1. The predicted octanol–water partition coefficient (Wildman–Crippen LogP) is 0.401. The summed E-state index contributed by atoms with van der Waals surface area (Å²) in [7, 11) is 0. The van der Waals surface area contributed by atoms with Crippen LogP contribution in [0.15, 0.2) is 0 Å². The smallest absolute Gasteiger partial charge is 0.0933 e. The molecule has 0 spiro atoms. The fraction of sp³-hybridized carbons (Fsp3) is 1.00. The van der Waals surface area contributed by atoms with E-state index in [1.54, 1.807) is 0 Å². The summed E-state index contributed by atoms with van der Waals surface area (Å²) in [5.41, 5.74) is 0. The fourth-order valence-electron chi connectivity index (χ4n) is 1.09. The maximum absolute atomic E-state index is 5.44. The van der Waals surface area contributed by atoms with E-state index >= 15 is 0 Å². The molecule has 0 amide bonds. The summed E-state index contributed by atoms with van der Waals surface area (Å²) in [6.45, 7) is 6.40. The van der Waals surface area contributed by atoms with Crippen molar-refractivity contribution in [3.05, 3.63) is 0 Å². The van der Waals surface area contributed by atoms with Gasteiger partial charge in [0.25, 0.3) is 0 Å². The van der Waals surface area contributed by atoms with Crippen molar-refractivity contribution in [1.82, 2.24) is 5.32 Å². The largest absolute Gasteiger partial charge is 0.376 e. The molecule has 0 aliphatic carbocycles. The summed E-state index contributed by atoms with van der Waals surface area (Å²) in [4.78, 5) is 0. The minimum atomic E-state index is 0.273. The SMILES string of the molecule is CCCNCC1COCCO1. The Bertz CT molecular complexity index is 92.1. The predicted molar refractivity (Wildman–Crippen MR) is 43.7 cm³/mol. The molecule has 0 saturated carbocycles. The van der Waals surface area contributed by atoms with E-state index in [-0.39, 0.29) is 6.10 Å². The van der Waals surface area contributed by atoms with E-state index in [0.717, 1.165) is 32.9 Å². The molecule has 0 radical (unpaired) electrons. The second kappa shape index (κ2) is 5.52. The van der Waals surface area contributed by atoms with Gasteiger partial charge in [-0.15, -0.1) is 0 Å². The van der Waals surface area contributed by atoms with Gasteiger partial charge in [-0.25, -0.2) is 0 Å². The lowest BCUT2D eigenvalue weighted by Crippen LogP contribution is -2.37. The molecule has 11 heavy (non-hydrogen) atoms. The van der Waals surface area contributed by atoms with Gasteiger partial charge in [-0.05, 0) is 13.0 Å². The van der Waals surface area contributed by atoms with E-state index in [9.17, 15) is 0 Å². The van der Waals surface area contributed by atoms with Crippen LogP contribution in [0.5, 0.6) is 0 Å². The van der Waals surface area contributed by atoms with Crippen LogP contribution in [0, 0.1) is 0 Å². The van der Waals surface area contributed by atoms with Crippen LogP contribution in [-0.2, 0) is 9.47 Å². The standard InChI is InChI=1S/C8H17NO2/c1-2-3-9-6-8-7-10-4-5-11-8/h8-9H,2-7H2,1H3. The summed E-state index contributed by atoms with van der Waals surface area (Å²) in [6.07, 6.45) is 1.45. The number of rotatable bonds is 4. The molecule has 3 nitrogen and oxygen atoms in total. The van der Waals surface area contributed by atoms with Crippen LogP contribution < -0.4 is 5.32 Å². The van der Waals surface area contributed by atoms with Crippen molar-refractivity contribution in [2.45, 2.75) is 19.4 Å². The molecule has 1 saturated heterocycles. The van der Waals surface area contributed by atoms with Crippen molar-refractivity contribution in [1.29, 1.82) is 0 Å². The normalized spacial score (nSPS) is 25.4. The van der Waals surface area contributed by atoms with Crippen LogP contribution in [0.25, 0.3) is 0 Å². The monoisotopic (exact) mass is 159 g/mol. The first-order valence-corrected chi connectivity index (χ1v) is 4.33. The Balaban J connectivity index is 1.96. The summed E-state index contributed by atoms with van der Waals surface area (Å²) in [5, 5.41) is 3.30. The molecular formula is C8H17NO2. The Kier molecular flexibility index (Phi) is 4.50. The molecule has 3 heteroatoms. The van der Waals surface area contributed by atoms with Crippen molar-refractivity contribution in [2.24, 2.45) is 0 Å². The molecule has 1 atom stereocenters. The van der Waals surface area contributed by atoms with Crippen molar-refractivity contribution in [3.8, 4) is 0 Å². The van der Waals surface area contributed by atoms with Crippen LogP contribution >= 0.6 is 0 Å². The highest BCUT2D eigenvalue weighted by molar-refractivity contribution is 4.63. The molecule has 1 unspecified atom stereocenters. The van der Waals surface area contributed by atoms with Gasteiger partial charge >= 0.3 is 0 Å². The van der Waals surface area contributed by atoms with Crippen molar-refractivity contribution >= 4 is 0 Å². The number of ether oxygens (including phenoxy) is 2. The molecule has 0 aromatic carbocycles. The molecule has 0 bridgehead atoms. The minimum absolute atomic E-state index is 0.273. The third-order valence-corrected chi connectivity index (χ3v) is 1.68. The summed E-state index contributed by atoms with van der Waals surface area (Å²) >= 11 is 0. The quantitative estimate of drug-likeness (QED) is 0.602. The van der Waals surface area contributed by atoms with E-state index in [0.29, 0.717) is 0 Å². The minimum Gasteiger partial charge on any atom is -0.376 e. The molecule has 1 N–H and O–H groups in total. The van der Waals surface area contributed by atoms with E-state index in [1.807, 2.05) is 0 Å². The fourth-order valence-corrected chi connectivity index (χ4v) is 1.09. The molecule has 0 aromatic rings. The highest BCUT2D eigenvalue weighted by atomic mass is 16.6. The number of hydrogen-bond acceptors (Lipinski definition) is 3. The third-order valence-electron chi connectivity index (χ3n) is 1.68. The lowest BCUT2D eigenvalue weighted by molar-refractivity contribution is -0.0862. The summed E-state index contributed by atoms with van der Waals surface area (Å²) in [5.74, 6) is 0.